The van der Waals surface area contributed by atoms with E-state index in [2.05, 4.69) is 146 Å². The van der Waals surface area contributed by atoms with Crippen molar-refractivity contribution in [2.75, 3.05) is 0 Å². The van der Waals surface area contributed by atoms with Gasteiger partial charge >= 0.3 is 0 Å². The molecular weight excluding hydrogens is 444 g/mol. The van der Waals surface area contributed by atoms with Gasteiger partial charge in [0.25, 0.3) is 0 Å². The Labute approximate surface area is 218 Å². The third-order valence-electron chi connectivity index (χ3n) is 7.79. The Balaban J connectivity index is 0.000000162. The van der Waals surface area contributed by atoms with Gasteiger partial charge in [-0.1, -0.05) is 158 Å². The van der Waals surface area contributed by atoms with Crippen molar-refractivity contribution >= 4 is 0 Å². The van der Waals surface area contributed by atoms with E-state index in [9.17, 15) is 0 Å². The van der Waals surface area contributed by atoms with Crippen LogP contribution in [0.2, 0.25) is 0 Å². The minimum absolute atomic E-state index is 0.180. The van der Waals surface area contributed by atoms with Crippen molar-refractivity contribution in [1.29, 1.82) is 0 Å². The molecule has 6 aromatic rings. The molecule has 8 rings (SSSR count). The Morgan fingerprint density at radius 3 is 0.784 bits per heavy atom. The highest BCUT2D eigenvalue weighted by molar-refractivity contribution is 5.94. The summed E-state index contributed by atoms with van der Waals surface area (Å²) in [4.78, 5) is 0. The van der Waals surface area contributed by atoms with Gasteiger partial charge in [0.15, 0.2) is 0 Å². The third-order valence-corrected chi connectivity index (χ3v) is 7.79. The summed E-state index contributed by atoms with van der Waals surface area (Å²) in [6, 6.07) is 56.4. The van der Waals surface area contributed by atoms with Crippen molar-refractivity contribution < 1.29 is 0 Å². The molecule has 6 aromatic carbocycles. The SMILES string of the molecule is c1ccc(-c2ccccc2)cc1.c1ccc2c(c1)-c1ccccc1C21c2ccccc2-c2ccccc21. The average Bonchev–Trinajstić information content (AvgIpc) is 3.46. The largest absolute Gasteiger partial charge is 0.0725 e. The molecule has 174 valence electrons. The number of hydrogen-bond acceptors (Lipinski definition) is 0. The summed E-state index contributed by atoms with van der Waals surface area (Å²) in [5, 5.41) is 0. The second-order valence-corrected chi connectivity index (χ2v) is 9.66. The van der Waals surface area contributed by atoms with E-state index in [1.165, 1.54) is 55.6 Å². The van der Waals surface area contributed by atoms with Crippen LogP contribution >= 0.6 is 0 Å². The van der Waals surface area contributed by atoms with Crippen LogP contribution in [0.25, 0.3) is 33.4 Å². The van der Waals surface area contributed by atoms with E-state index in [-0.39, 0.29) is 5.41 Å². The maximum Gasteiger partial charge on any atom is 0.0725 e. The summed E-state index contributed by atoms with van der Waals surface area (Å²) in [6.07, 6.45) is 0. The lowest BCUT2D eigenvalue weighted by Crippen LogP contribution is -2.25. The fourth-order valence-corrected chi connectivity index (χ4v) is 6.31. The van der Waals surface area contributed by atoms with Crippen molar-refractivity contribution in [2.24, 2.45) is 0 Å². The first-order valence-corrected chi connectivity index (χ1v) is 12.9. The van der Waals surface area contributed by atoms with Gasteiger partial charge in [0.05, 0.1) is 5.41 Å². The molecule has 0 bridgehead atoms. The molecule has 0 aromatic heterocycles. The van der Waals surface area contributed by atoms with Crippen molar-refractivity contribution in [2.45, 2.75) is 5.41 Å². The van der Waals surface area contributed by atoms with Gasteiger partial charge < -0.3 is 0 Å². The predicted molar refractivity (Wildman–Crippen MR) is 155 cm³/mol. The molecule has 0 fully saturated rings. The molecule has 0 nitrogen and oxygen atoms in total. The minimum Gasteiger partial charge on any atom is -0.0622 e. The molecule has 0 heterocycles. The molecule has 0 radical (unpaired) electrons. The number of fused-ring (bicyclic) bond motifs is 10. The molecule has 0 saturated heterocycles. The zero-order valence-corrected chi connectivity index (χ0v) is 20.5. The molecule has 1 spiro atoms. The molecule has 37 heavy (non-hydrogen) atoms. The Morgan fingerprint density at radius 1 is 0.243 bits per heavy atom. The van der Waals surface area contributed by atoms with Gasteiger partial charge in [-0.25, -0.2) is 0 Å². The summed E-state index contributed by atoms with van der Waals surface area (Å²) in [7, 11) is 0. The average molecular weight is 471 g/mol. The minimum atomic E-state index is -0.180. The van der Waals surface area contributed by atoms with Crippen LogP contribution in [0.3, 0.4) is 0 Å². The fraction of sp³-hybridized carbons (Fsp3) is 0.0270. The van der Waals surface area contributed by atoms with Crippen molar-refractivity contribution in [3.8, 4) is 33.4 Å². The molecule has 0 saturated carbocycles. The lowest BCUT2D eigenvalue weighted by molar-refractivity contribution is 0.794. The molecule has 0 unspecified atom stereocenters. The van der Waals surface area contributed by atoms with Crippen molar-refractivity contribution in [3.05, 3.63) is 180 Å². The highest BCUT2D eigenvalue weighted by Gasteiger charge is 2.51. The second-order valence-electron chi connectivity index (χ2n) is 9.66. The number of rotatable bonds is 1. The van der Waals surface area contributed by atoms with E-state index in [1.807, 2.05) is 12.1 Å². The maximum atomic E-state index is 2.31. The first kappa shape index (κ1) is 21.6. The van der Waals surface area contributed by atoms with Gasteiger partial charge in [-0.2, -0.15) is 0 Å². The van der Waals surface area contributed by atoms with Gasteiger partial charge in [0.2, 0.25) is 0 Å². The van der Waals surface area contributed by atoms with Crippen LogP contribution in [0.5, 0.6) is 0 Å². The molecular formula is C37H26. The molecule has 0 amide bonds. The lowest BCUT2D eigenvalue weighted by atomic mass is 9.70. The number of benzene rings is 6. The molecule has 0 N–H and O–H groups in total. The predicted octanol–water partition coefficient (Wildman–Crippen LogP) is 9.38. The van der Waals surface area contributed by atoms with E-state index in [0.717, 1.165) is 0 Å². The normalized spacial score (nSPS) is 13.1. The Morgan fingerprint density at radius 2 is 0.486 bits per heavy atom. The van der Waals surface area contributed by atoms with Gasteiger partial charge in [0.1, 0.15) is 0 Å². The van der Waals surface area contributed by atoms with E-state index in [4.69, 9.17) is 0 Å². The molecule has 0 aliphatic heterocycles. The van der Waals surface area contributed by atoms with Crippen LogP contribution in [0.4, 0.5) is 0 Å². The standard InChI is InChI=1S/C25H16.C12H10/c1-5-13-21-17(9-1)18-10-2-6-14-22(18)25(21)23-15-7-3-11-19(23)20-12-4-8-16-24(20)25;1-3-7-11(8-4-1)12-9-5-2-6-10-12/h1-16H;1-10H. The lowest BCUT2D eigenvalue weighted by Gasteiger charge is -2.30. The van der Waals surface area contributed by atoms with Crippen LogP contribution in [0, 0.1) is 0 Å². The number of hydrogen-bond donors (Lipinski definition) is 0. The first-order chi connectivity index (χ1) is 18.4. The summed E-state index contributed by atoms with van der Waals surface area (Å²) >= 11 is 0. The monoisotopic (exact) mass is 470 g/mol. The third kappa shape index (κ3) is 3.23. The van der Waals surface area contributed by atoms with Crippen LogP contribution in [-0.4, -0.2) is 0 Å². The van der Waals surface area contributed by atoms with Gasteiger partial charge in [0, 0.05) is 0 Å². The van der Waals surface area contributed by atoms with Crippen LogP contribution in [0.1, 0.15) is 22.3 Å². The molecule has 0 atom stereocenters. The summed E-state index contributed by atoms with van der Waals surface area (Å²) < 4.78 is 0. The van der Waals surface area contributed by atoms with Crippen molar-refractivity contribution in [3.63, 3.8) is 0 Å². The summed E-state index contributed by atoms with van der Waals surface area (Å²) in [5.74, 6) is 0. The smallest absolute Gasteiger partial charge is 0.0622 e. The zero-order chi connectivity index (χ0) is 24.7. The highest BCUT2D eigenvalue weighted by atomic mass is 14.5. The zero-order valence-electron chi connectivity index (χ0n) is 20.5. The molecule has 0 heteroatoms. The Hall–Kier alpha value is -4.68. The summed E-state index contributed by atoms with van der Waals surface area (Å²) in [5.41, 5.74) is 13.5. The van der Waals surface area contributed by atoms with Crippen molar-refractivity contribution in [1.82, 2.24) is 0 Å². The van der Waals surface area contributed by atoms with E-state index in [1.54, 1.807) is 0 Å². The van der Waals surface area contributed by atoms with E-state index in [0.29, 0.717) is 0 Å². The second kappa shape index (κ2) is 8.76. The van der Waals surface area contributed by atoms with E-state index < -0.39 is 0 Å². The molecule has 2 aliphatic rings. The topological polar surface area (TPSA) is 0 Å². The first-order valence-electron chi connectivity index (χ1n) is 12.9. The highest BCUT2D eigenvalue weighted by Crippen LogP contribution is 2.62. The van der Waals surface area contributed by atoms with Crippen LogP contribution in [0.15, 0.2) is 158 Å². The van der Waals surface area contributed by atoms with Gasteiger partial charge in [-0.3, -0.25) is 0 Å². The Bertz CT molecular complexity index is 1490. The van der Waals surface area contributed by atoms with Gasteiger partial charge in [-0.05, 0) is 55.6 Å². The Kier molecular flexibility index (Phi) is 5.11. The van der Waals surface area contributed by atoms with Gasteiger partial charge in [-0.15, -0.1) is 0 Å². The quantitative estimate of drug-likeness (QED) is 0.224. The van der Waals surface area contributed by atoms with Crippen LogP contribution < -0.4 is 0 Å². The fourth-order valence-electron chi connectivity index (χ4n) is 6.31. The van der Waals surface area contributed by atoms with E-state index >= 15 is 0 Å². The van der Waals surface area contributed by atoms with Crippen LogP contribution in [-0.2, 0) is 5.41 Å². The summed E-state index contributed by atoms with van der Waals surface area (Å²) in [6.45, 7) is 0. The maximum absolute atomic E-state index is 2.31. The molecule has 2 aliphatic carbocycles.